The molecule has 0 amide bonds. The number of anilines is 2. The molecule has 0 aliphatic carbocycles. The monoisotopic (exact) mass is 409 g/mol. The first kappa shape index (κ1) is 20.6. The Morgan fingerprint density at radius 2 is 1.59 bits per heavy atom. The van der Waals surface area contributed by atoms with Crippen LogP contribution in [0.15, 0.2) is 71.6 Å². The summed E-state index contributed by atoms with van der Waals surface area (Å²) in [4.78, 5) is 12.7. The molecule has 0 fully saturated rings. The number of benzene rings is 3. The van der Waals surface area contributed by atoms with Gasteiger partial charge in [-0.3, -0.25) is 4.79 Å². The predicted molar refractivity (Wildman–Crippen MR) is 116 cm³/mol. The van der Waals surface area contributed by atoms with Crippen molar-refractivity contribution in [1.29, 1.82) is 0 Å². The Morgan fingerprint density at radius 1 is 0.931 bits per heavy atom. The fourth-order valence-corrected chi connectivity index (χ4v) is 4.26. The maximum Gasteiger partial charge on any atom is 0.319 e. The van der Waals surface area contributed by atoms with Crippen LogP contribution in [0.4, 0.5) is 11.4 Å². The molecule has 0 aliphatic heterocycles. The average molecular weight is 410 g/mol. The minimum absolute atomic E-state index is 0.00110. The normalized spacial score (nSPS) is 11.3. The lowest BCUT2D eigenvalue weighted by molar-refractivity contribution is -0.134. The van der Waals surface area contributed by atoms with Crippen LogP contribution < -0.4 is 4.90 Å². The van der Waals surface area contributed by atoms with E-state index in [1.165, 1.54) is 28.8 Å². The molecular formula is C23H23NO4S. The number of carboxylic acid groups (broad SMARTS) is 1. The van der Waals surface area contributed by atoms with Gasteiger partial charge >= 0.3 is 5.97 Å². The van der Waals surface area contributed by atoms with Gasteiger partial charge in [0.25, 0.3) is 0 Å². The summed E-state index contributed by atoms with van der Waals surface area (Å²) in [6.07, 6.45) is 0. The van der Waals surface area contributed by atoms with Crippen LogP contribution in [0.2, 0.25) is 0 Å². The lowest BCUT2D eigenvalue weighted by atomic mass is 9.97. The summed E-state index contributed by atoms with van der Waals surface area (Å²) in [7, 11) is -1.93. The maximum absolute atomic E-state index is 12.1. The molecule has 0 unspecified atom stereocenters. The Labute approximate surface area is 171 Å². The van der Waals surface area contributed by atoms with Crippen molar-refractivity contribution in [3.05, 3.63) is 77.9 Å². The topological polar surface area (TPSA) is 74.7 Å². The molecule has 6 heteroatoms. The van der Waals surface area contributed by atoms with Gasteiger partial charge in [0.15, 0.2) is 15.6 Å². The van der Waals surface area contributed by atoms with E-state index in [4.69, 9.17) is 5.11 Å². The SMILES string of the molecule is Cc1cccc(-c2cccc(N(C)c3ccc(S(=O)(=O)CC(=O)O)cc3)c2)c1C. The van der Waals surface area contributed by atoms with Crippen LogP contribution in [-0.2, 0) is 14.6 Å². The Bertz CT molecular complexity index is 1150. The van der Waals surface area contributed by atoms with Gasteiger partial charge in [0.2, 0.25) is 0 Å². The van der Waals surface area contributed by atoms with Crippen molar-refractivity contribution >= 4 is 27.2 Å². The molecule has 0 radical (unpaired) electrons. The fraction of sp³-hybridized carbons (Fsp3) is 0.174. The quantitative estimate of drug-likeness (QED) is 0.644. The highest BCUT2D eigenvalue weighted by molar-refractivity contribution is 7.92. The molecule has 3 aromatic carbocycles. The fourth-order valence-electron chi connectivity index (χ4n) is 3.22. The summed E-state index contributed by atoms with van der Waals surface area (Å²) in [5, 5.41) is 8.77. The second-order valence-corrected chi connectivity index (χ2v) is 8.99. The molecule has 0 spiro atoms. The van der Waals surface area contributed by atoms with E-state index < -0.39 is 21.6 Å². The predicted octanol–water partition coefficient (Wildman–Crippen LogP) is 4.60. The zero-order chi connectivity index (χ0) is 21.2. The molecule has 0 aromatic heterocycles. The Balaban J connectivity index is 1.90. The highest BCUT2D eigenvalue weighted by atomic mass is 32.2. The van der Waals surface area contributed by atoms with Gasteiger partial charge < -0.3 is 10.0 Å². The summed E-state index contributed by atoms with van der Waals surface area (Å²) in [6, 6.07) is 20.6. The first-order valence-corrected chi connectivity index (χ1v) is 10.8. The zero-order valence-electron chi connectivity index (χ0n) is 16.6. The summed E-state index contributed by atoms with van der Waals surface area (Å²) in [5.74, 6) is -2.28. The molecule has 0 saturated carbocycles. The van der Waals surface area contributed by atoms with Crippen molar-refractivity contribution in [2.75, 3.05) is 17.7 Å². The van der Waals surface area contributed by atoms with Gasteiger partial charge in [0.05, 0.1) is 4.90 Å². The van der Waals surface area contributed by atoms with Crippen LogP contribution in [0, 0.1) is 13.8 Å². The van der Waals surface area contributed by atoms with Crippen LogP contribution in [0.25, 0.3) is 11.1 Å². The van der Waals surface area contributed by atoms with Gasteiger partial charge in [0.1, 0.15) is 0 Å². The number of aliphatic carboxylic acids is 1. The number of carboxylic acids is 1. The van der Waals surface area contributed by atoms with Crippen LogP contribution in [0.3, 0.4) is 0 Å². The third kappa shape index (κ3) is 4.49. The maximum atomic E-state index is 12.1. The van der Waals surface area contributed by atoms with Crippen molar-refractivity contribution in [3.63, 3.8) is 0 Å². The highest BCUT2D eigenvalue weighted by Gasteiger charge is 2.19. The number of hydrogen-bond acceptors (Lipinski definition) is 4. The van der Waals surface area contributed by atoms with E-state index in [0.29, 0.717) is 0 Å². The molecule has 0 aliphatic rings. The van der Waals surface area contributed by atoms with Gasteiger partial charge in [-0.25, -0.2) is 8.42 Å². The molecule has 0 saturated heterocycles. The van der Waals surface area contributed by atoms with Crippen LogP contribution in [0.5, 0.6) is 0 Å². The molecular weight excluding hydrogens is 386 g/mol. The Kier molecular flexibility index (Phi) is 5.75. The van der Waals surface area contributed by atoms with Gasteiger partial charge in [0, 0.05) is 18.4 Å². The third-order valence-corrected chi connectivity index (χ3v) is 6.66. The molecule has 29 heavy (non-hydrogen) atoms. The minimum atomic E-state index is -3.84. The summed E-state index contributed by atoms with van der Waals surface area (Å²) in [6.45, 7) is 4.20. The Morgan fingerprint density at radius 3 is 2.24 bits per heavy atom. The number of rotatable bonds is 6. The summed E-state index contributed by atoms with van der Waals surface area (Å²) >= 11 is 0. The first-order chi connectivity index (χ1) is 13.7. The third-order valence-electron chi connectivity index (χ3n) is 5.05. The van der Waals surface area contributed by atoms with Crippen molar-refractivity contribution in [2.24, 2.45) is 0 Å². The standard InChI is InChI=1S/C23H23NO4S/c1-16-6-4-9-22(17(16)2)18-7-5-8-20(14-18)24(3)19-10-12-21(13-11-19)29(27,28)15-23(25)26/h4-14H,15H2,1-3H3,(H,25,26). The van der Waals surface area contributed by atoms with Gasteiger partial charge in [-0.1, -0.05) is 30.3 Å². The lowest BCUT2D eigenvalue weighted by Crippen LogP contribution is -2.15. The van der Waals surface area contributed by atoms with E-state index in [1.54, 1.807) is 12.1 Å². The van der Waals surface area contributed by atoms with Crippen LogP contribution >= 0.6 is 0 Å². The largest absolute Gasteiger partial charge is 0.480 e. The number of hydrogen-bond donors (Lipinski definition) is 1. The first-order valence-electron chi connectivity index (χ1n) is 9.14. The molecule has 1 N–H and O–H groups in total. The summed E-state index contributed by atoms with van der Waals surface area (Å²) in [5.41, 5.74) is 6.52. The van der Waals surface area contributed by atoms with Gasteiger partial charge in [-0.15, -0.1) is 0 Å². The van der Waals surface area contributed by atoms with Crippen molar-refractivity contribution in [1.82, 2.24) is 0 Å². The van der Waals surface area contributed by atoms with E-state index in [2.05, 4.69) is 38.1 Å². The molecule has 3 aromatic rings. The molecule has 150 valence electrons. The van der Waals surface area contributed by atoms with E-state index in [1.807, 2.05) is 30.1 Å². The molecule has 5 nitrogen and oxygen atoms in total. The number of carbonyl (C=O) groups is 1. The van der Waals surface area contributed by atoms with Crippen molar-refractivity contribution in [3.8, 4) is 11.1 Å². The number of nitrogens with zero attached hydrogens (tertiary/aromatic N) is 1. The van der Waals surface area contributed by atoms with Crippen molar-refractivity contribution < 1.29 is 18.3 Å². The second kappa shape index (κ2) is 8.09. The average Bonchev–Trinajstić information content (AvgIpc) is 2.69. The van der Waals surface area contributed by atoms with E-state index >= 15 is 0 Å². The highest BCUT2D eigenvalue weighted by Crippen LogP contribution is 2.31. The second-order valence-electron chi connectivity index (χ2n) is 7.00. The summed E-state index contributed by atoms with van der Waals surface area (Å²) < 4.78 is 24.1. The lowest BCUT2D eigenvalue weighted by Gasteiger charge is -2.21. The smallest absolute Gasteiger partial charge is 0.319 e. The molecule has 0 atom stereocenters. The number of sulfone groups is 1. The van der Waals surface area contributed by atoms with Gasteiger partial charge in [-0.2, -0.15) is 0 Å². The zero-order valence-corrected chi connectivity index (χ0v) is 17.4. The van der Waals surface area contributed by atoms with Gasteiger partial charge in [-0.05, 0) is 72.5 Å². The molecule has 0 bridgehead atoms. The molecule has 3 rings (SSSR count). The Hall–Kier alpha value is -3.12. The number of aryl methyl sites for hydroxylation is 1. The van der Waals surface area contributed by atoms with E-state index in [0.717, 1.165) is 16.9 Å². The van der Waals surface area contributed by atoms with E-state index in [-0.39, 0.29) is 4.90 Å². The van der Waals surface area contributed by atoms with Crippen molar-refractivity contribution in [2.45, 2.75) is 18.7 Å². The minimum Gasteiger partial charge on any atom is -0.480 e. The van der Waals surface area contributed by atoms with Crippen LogP contribution in [-0.4, -0.2) is 32.3 Å². The van der Waals surface area contributed by atoms with Crippen LogP contribution in [0.1, 0.15) is 11.1 Å². The van der Waals surface area contributed by atoms with E-state index in [9.17, 15) is 13.2 Å². The molecule has 0 heterocycles.